The summed E-state index contributed by atoms with van der Waals surface area (Å²) in [5, 5.41) is 11.9. The van der Waals surface area contributed by atoms with E-state index in [0.717, 1.165) is 27.8 Å². The maximum atomic E-state index is 13.1. The standard InChI is InChI=1S/C50H46O7S/c51-50(52)42-26-25-39(27-41-29-40-23-13-14-24-45(40)58-41)28-43(42)46-48(55-32-37-19-9-3-10-20-37)49(56-33-38-21-11-4-12-22-38)47(54-31-36-17-7-2-8-18-36)44(57-46)34-53-30-35-15-5-1-6-16-35/h1-26,28-29,44,46-49H,27,30-34H2,(H,51,52)/t44-,46+,47-,48+,49+/m1/s1. The van der Waals surface area contributed by atoms with E-state index in [1.807, 2.05) is 146 Å². The summed E-state index contributed by atoms with van der Waals surface area (Å²) in [5.74, 6) is -1.05. The minimum atomic E-state index is -1.05. The third kappa shape index (κ3) is 9.97. The molecule has 7 aromatic rings. The van der Waals surface area contributed by atoms with Crippen LogP contribution in [0.1, 0.15) is 54.7 Å². The number of thiophene rings is 1. The Bertz CT molecular complexity index is 2320. The normalized spacial score (nSPS) is 19.3. The van der Waals surface area contributed by atoms with Crippen LogP contribution in [-0.2, 0) is 56.5 Å². The third-order valence-corrected chi connectivity index (χ3v) is 11.5. The van der Waals surface area contributed by atoms with Gasteiger partial charge in [-0.1, -0.05) is 152 Å². The summed E-state index contributed by atoms with van der Waals surface area (Å²) in [5.41, 5.74) is 5.62. The summed E-state index contributed by atoms with van der Waals surface area (Å²) >= 11 is 1.74. The minimum absolute atomic E-state index is 0.146. The molecule has 2 heterocycles. The molecule has 0 unspecified atom stereocenters. The maximum Gasteiger partial charge on any atom is 0.336 e. The number of carboxylic acid groups (broad SMARTS) is 1. The second-order valence-corrected chi connectivity index (χ2v) is 15.7. The summed E-state index contributed by atoms with van der Waals surface area (Å²) in [7, 11) is 0. The van der Waals surface area contributed by atoms with Crippen molar-refractivity contribution >= 4 is 27.4 Å². The first-order valence-corrected chi connectivity index (χ1v) is 20.5. The molecule has 1 aliphatic heterocycles. The highest BCUT2D eigenvalue weighted by Crippen LogP contribution is 2.41. The number of ether oxygens (including phenoxy) is 5. The summed E-state index contributed by atoms with van der Waals surface area (Å²) in [4.78, 5) is 14.3. The van der Waals surface area contributed by atoms with E-state index in [4.69, 9.17) is 23.7 Å². The topological polar surface area (TPSA) is 83.5 Å². The molecule has 0 saturated carbocycles. The van der Waals surface area contributed by atoms with Gasteiger partial charge in [-0.3, -0.25) is 0 Å². The zero-order valence-electron chi connectivity index (χ0n) is 32.1. The largest absolute Gasteiger partial charge is 0.478 e. The van der Waals surface area contributed by atoms with Gasteiger partial charge in [-0.2, -0.15) is 0 Å². The van der Waals surface area contributed by atoms with Crippen molar-refractivity contribution in [1.29, 1.82) is 0 Å². The average molecular weight is 791 g/mol. The Hall–Kier alpha value is -5.45. The number of hydrogen-bond donors (Lipinski definition) is 1. The highest BCUT2D eigenvalue weighted by Gasteiger charge is 2.50. The van der Waals surface area contributed by atoms with Crippen LogP contribution in [0.4, 0.5) is 0 Å². The van der Waals surface area contributed by atoms with E-state index >= 15 is 0 Å². The lowest BCUT2D eigenvalue weighted by Gasteiger charge is -2.46. The van der Waals surface area contributed by atoms with Crippen LogP contribution in [0, 0.1) is 0 Å². The number of carbonyl (C=O) groups is 1. The molecule has 6 aromatic carbocycles. The van der Waals surface area contributed by atoms with Gasteiger partial charge in [-0.15, -0.1) is 11.3 Å². The Morgan fingerprint density at radius 1 is 0.552 bits per heavy atom. The van der Waals surface area contributed by atoms with Crippen LogP contribution in [0.3, 0.4) is 0 Å². The van der Waals surface area contributed by atoms with Crippen LogP contribution in [0.2, 0.25) is 0 Å². The fourth-order valence-corrected chi connectivity index (χ4v) is 8.62. The lowest BCUT2D eigenvalue weighted by Crippen LogP contribution is -2.58. The number of aromatic carboxylic acids is 1. The van der Waals surface area contributed by atoms with Crippen molar-refractivity contribution in [2.75, 3.05) is 6.61 Å². The zero-order chi connectivity index (χ0) is 39.5. The highest BCUT2D eigenvalue weighted by molar-refractivity contribution is 7.19. The first kappa shape index (κ1) is 39.4. The van der Waals surface area contributed by atoms with Crippen LogP contribution < -0.4 is 0 Å². The van der Waals surface area contributed by atoms with Crippen LogP contribution in [-0.4, -0.2) is 42.1 Å². The number of hydrogen-bond acceptors (Lipinski definition) is 7. The number of rotatable bonds is 17. The number of fused-ring (bicyclic) bond motifs is 1. The SMILES string of the molecule is O=C(O)c1ccc(Cc2cc3ccccc3s2)cc1[C@@H]1O[C@H](COCc2ccccc2)[C@@H](OCc2ccccc2)[C@H](OCc2ccccc2)[C@H]1OCc1ccccc1. The summed E-state index contributed by atoms with van der Waals surface area (Å²) in [6.45, 7) is 1.37. The number of benzene rings is 6. The molecule has 1 saturated heterocycles. The highest BCUT2D eigenvalue weighted by atomic mass is 32.1. The molecule has 8 heteroatoms. The van der Waals surface area contributed by atoms with Crippen LogP contribution in [0.5, 0.6) is 0 Å². The Labute approximate surface area is 343 Å². The minimum Gasteiger partial charge on any atom is -0.478 e. The quantitative estimate of drug-likeness (QED) is 0.0983. The maximum absolute atomic E-state index is 13.1. The molecule has 1 N–H and O–H groups in total. The molecule has 294 valence electrons. The molecular weight excluding hydrogens is 745 g/mol. The van der Waals surface area contributed by atoms with E-state index in [0.29, 0.717) is 25.2 Å². The predicted molar refractivity (Wildman–Crippen MR) is 227 cm³/mol. The van der Waals surface area contributed by atoms with Gasteiger partial charge in [0.1, 0.15) is 30.5 Å². The first-order chi connectivity index (χ1) is 28.6. The molecule has 0 bridgehead atoms. The number of carboxylic acids is 1. The van der Waals surface area contributed by atoms with Gasteiger partial charge in [0.25, 0.3) is 0 Å². The van der Waals surface area contributed by atoms with Crippen LogP contribution in [0.15, 0.2) is 170 Å². The van der Waals surface area contributed by atoms with Crippen molar-refractivity contribution in [3.05, 3.63) is 214 Å². The van der Waals surface area contributed by atoms with Crippen molar-refractivity contribution in [3.8, 4) is 0 Å². The van der Waals surface area contributed by atoms with Gasteiger partial charge in [0.15, 0.2) is 0 Å². The van der Waals surface area contributed by atoms with Crippen LogP contribution >= 0.6 is 11.3 Å². The van der Waals surface area contributed by atoms with E-state index < -0.39 is 36.5 Å². The first-order valence-electron chi connectivity index (χ1n) is 19.6. The lowest BCUT2D eigenvalue weighted by molar-refractivity contribution is -0.275. The summed E-state index contributed by atoms with van der Waals surface area (Å²) in [6, 6.07) is 56.0. The second-order valence-electron chi connectivity index (χ2n) is 14.5. The Balaban J connectivity index is 1.20. The monoisotopic (exact) mass is 790 g/mol. The van der Waals surface area contributed by atoms with E-state index in [2.05, 4.69) is 18.2 Å². The van der Waals surface area contributed by atoms with Crippen molar-refractivity contribution in [1.82, 2.24) is 0 Å². The van der Waals surface area contributed by atoms with Gasteiger partial charge in [0.2, 0.25) is 0 Å². The lowest BCUT2D eigenvalue weighted by atomic mass is 9.87. The molecule has 0 radical (unpaired) electrons. The molecule has 5 atom stereocenters. The molecule has 0 amide bonds. The smallest absolute Gasteiger partial charge is 0.336 e. The van der Waals surface area contributed by atoms with Gasteiger partial charge >= 0.3 is 5.97 Å². The van der Waals surface area contributed by atoms with E-state index in [1.165, 1.54) is 15.0 Å². The molecule has 58 heavy (non-hydrogen) atoms. The fraction of sp³-hybridized carbons (Fsp3) is 0.220. The predicted octanol–water partition coefficient (Wildman–Crippen LogP) is 10.6. The van der Waals surface area contributed by atoms with Crippen molar-refractivity contribution < 1.29 is 33.6 Å². The van der Waals surface area contributed by atoms with Crippen molar-refractivity contribution in [3.63, 3.8) is 0 Å². The second kappa shape index (κ2) is 19.3. The van der Waals surface area contributed by atoms with Gasteiger partial charge in [-0.05, 0) is 57.0 Å². The zero-order valence-corrected chi connectivity index (χ0v) is 32.9. The molecule has 0 aliphatic carbocycles. The summed E-state index contributed by atoms with van der Waals surface area (Å²) in [6.07, 6.45) is -2.97. The molecule has 7 nitrogen and oxygen atoms in total. The van der Waals surface area contributed by atoms with Crippen molar-refractivity contribution in [2.24, 2.45) is 0 Å². The van der Waals surface area contributed by atoms with Crippen molar-refractivity contribution in [2.45, 2.75) is 63.4 Å². The fourth-order valence-electron chi connectivity index (χ4n) is 7.52. The van der Waals surface area contributed by atoms with E-state index in [-0.39, 0.29) is 25.4 Å². The Morgan fingerprint density at radius 2 is 1.07 bits per heavy atom. The Morgan fingerprint density at radius 3 is 1.64 bits per heavy atom. The molecular formula is C50H46O7S. The van der Waals surface area contributed by atoms with Gasteiger partial charge in [0.05, 0.1) is 38.6 Å². The van der Waals surface area contributed by atoms with E-state index in [9.17, 15) is 9.90 Å². The third-order valence-electron chi connectivity index (χ3n) is 10.4. The van der Waals surface area contributed by atoms with E-state index in [1.54, 1.807) is 17.4 Å². The van der Waals surface area contributed by atoms with Gasteiger partial charge in [0, 0.05) is 16.0 Å². The molecule has 8 rings (SSSR count). The van der Waals surface area contributed by atoms with Gasteiger partial charge in [-0.25, -0.2) is 4.79 Å². The average Bonchev–Trinajstić information content (AvgIpc) is 3.68. The molecule has 1 aromatic heterocycles. The molecule has 0 spiro atoms. The molecule has 1 fully saturated rings. The summed E-state index contributed by atoms with van der Waals surface area (Å²) < 4.78 is 35.4. The van der Waals surface area contributed by atoms with Gasteiger partial charge < -0.3 is 28.8 Å². The van der Waals surface area contributed by atoms with Crippen LogP contribution in [0.25, 0.3) is 10.1 Å². The molecule has 1 aliphatic rings. The Kier molecular flexibility index (Phi) is 13.1.